The second-order valence-electron chi connectivity index (χ2n) is 4.21. The summed E-state index contributed by atoms with van der Waals surface area (Å²) in [5.74, 6) is -0.0150. The predicted molar refractivity (Wildman–Crippen MR) is 94.9 cm³/mol. The minimum Gasteiger partial charge on any atom is -0.383 e. The Morgan fingerprint density at radius 3 is 2.64 bits per heavy atom. The fourth-order valence-corrected chi connectivity index (χ4v) is 1.56. The SMILES string of the molecule is CN=C(NCC(=O)NCCOC)NCc1ccccc1F.I. The maximum atomic E-state index is 13.5. The quantitative estimate of drug-likeness (QED) is 0.263. The third kappa shape index (κ3) is 8.13. The summed E-state index contributed by atoms with van der Waals surface area (Å²) in [6.45, 7) is 1.29. The highest BCUT2D eigenvalue weighted by Gasteiger charge is 2.04. The number of hydrogen-bond donors (Lipinski definition) is 3. The average Bonchev–Trinajstić information content (AvgIpc) is 2.49. The van der Waals surface area contributed by atoms with Crippen molar-refractivity contribution in [3.05, 3.63) is 35.6 Å². The van der Waals surface area contributed by atoms with Gasteiger partial charge in [-0.3, -0.25) is 9.79 Å². The highest BCUT2D eigenvalue weighted by atomic mass is 127. The number of benzene rings is 1. The Balaban J connectivity index is 0.00000441. The molecule has 0 saturated carbocycles. The largest absolute Gasteiger partial charge is 0.383 e. The Hall–Kier alpha value is -1.42. The number of halogens is 2. The first-order valence-electron chi connectivity index (χ1n) is 6.61. The summed E-state index contributed by atoms with van der Waals surface area (Å²) in [5.41, 5.74) is 0.532. The van der Waals surface area contributed by atoms with E-state index in [1.807, 2.05) is 0 Å². The van der Waals surface area contributed by atoms with Crippen LogP contribution in [0.2, 0.25) is 0 Å². The summed E-state index contributed by atoms with van der Waals surface area (Å²) in [6.07, 6.45) is 0. The molecule has 0 radical (unpaired) electrons. The van der Waals surface area contributed by atoms with E-state index < -0.39 is 0 Å². The summed E-state index contributed by atoms with van der Waals surface area (Å²) in [7, 11) is 3.15. The average molecular weight is 424 g/mol. The van der Waals surface area contributed by atoms with Crippen LogP contribution in [0.4, 0.5) is 4.39 Å². The summed E-state index contributed by atoms with van der Waals surface area (Å²) >= 11 is 0. The third-order valence-electron chi connectivity index (χ3n) is 2.67. The predicted octanol–water partition coefficient (Wildman–Crippen LogP) is 0.871. The molecule has 1 amide bonds. The van der Waals surface area contributed by atoms with Gasteiger partial charge in [-0.25, -0.2) is 4.39 Å². The maximum Gasteiger partial charge on any atom is 0.239 e. The number of ether oxygens (including phenoxy) is 1. The van der Waals surface area contributed by atoms with Gasteiger partial charge in [0.15, 0.2) is 5.96 Å². The Morgan fingerprint density at radius 2 is 2.00 bits per heavy atom. The van der Waals surface area contributed by atoms with Crippen LogP contribution < -0.4 is 16.0 Å². The molecule has 1 aromatic carbocycles. The lowest BCUT2D eigenvalue weighted by atomic mass is 10.2. The van der Waals surface area contributed by atoms with Crippen molar-refractivity contribution >= 4 is 35.8 Å². The molecule has 3 N–H and O–H groups in total. The molecular formula is C14H22FIN4O2. The Labute approximate surface area is 146 Å². The summed E-state index contributed by atoms with van der Waals surface area (Å²) < 4.78 is 18.3. The van der Waals surface area contributed by atoms with Crippen LogP contribution in [0, 0.1) is 5.82 Å². The van der Waals surface area contributed by atoms with Gasteiger partial charge in [0.05, 0.1) is 13.2 Å². The van der Waals surface area contributed by atoms with Crippen molar-refractivity contribution in [1.82, 2.24) is 16.0 Å². The molecule has 0 bridgehead atoms. The summed E-state index contributed by atoms with van der Waals surface area (Å²) in [5, 5.41) is 8.47. The number of amides is 1. The van der Waals surface area contributed by atoms with Gasteiger partial charge in [-0.2, -0.15) is 0 Å². The van der Waals surface area contributed by atoms with Gasteiger partial charge < -0.3 is 20.7 Å². The van der Waals surface area contributed by atoms with Crippen LogP contribution in [0.5, 0.6) is 0 Å². The molecule has 22 heavy (non-hydrogen) atoms. The van der Waals surface area contributed by atoms with Crippen molar-refractivity contribution in [2.24, 2.45) is 4.99 Å². The topological polar surface area (TPSA) is 74.8 Å². The monoisotopic (exact) mass is 424 g/mol. The van der Waals surface area contributed by atoms with Crippen LogP contribution in [0.15, 0.2) is 29.3 Å². The number of aliphatic imine (C=N–C) groups is 1. The van der Waals surface area contributed by atoms with Crippen molar-refractivity contribution in [2.45, 2.75) is 6.54 Å². The number of hydrogen-bond acceptors (Lipinski definition) is 3. The van der Waals surface area contributed by atoms with Crippen molar-refractivity contribution in [3.63, 3.8) is 0 Å². The molecule has 0 heterocycles. The first-order chi connectivity index (χ1) is 10.2. The molecule has 124 valence electrons. The second kappa shape index (κ2) is 12.2. The van der Waals surface area contributed by atoms with Crippen LogP contribution in [0.1, 0.15) is 5.56 Å². The Bertz CT molecular complexity index is 486. The van der Waals surface area contributed by atoms with E-state index in [0.29, 0.717) is 24.7 Å². The number of carbonyl (C=O) groups excluding carboxylic acids is 1. The van der Waals surface area contributed by atoms with Gasteiger partial charge in [0.1, 0.15) is 5.82 Å². The smallest absolute Gasteiger partial charge is 0.239 e. The number of guanidine groups is 1. The van der Waals surface area contributed by atoms with Crippen LogP contribution in [0.25, 0.3) is 0 Å². The molecule has 0 atom stereocenters. The van der Waals surface area contributed by atoms with E-state index in [-0.39, 0.29) is 48.8 Å². The Morgan fingerprint density at radius 1 is 1.27 bits per heavy atom. The van der Waals surface area contributed by atoms with Crippen molar-refractivity contribution in [2.75, 3.05) is 33.9 Å². The number of carbonyl (C=O) groups is 1. The zero-order chi connectivity index (χ0) is 15.5. The highest BCUT2D eigenvalue weighted by molar-refractivity contribution is 14.0. The summed E-state index contributed by atoms with van der Waals surface area (Å²) in [4.78, 5) is 15.5. The highest BCUT2D eigenvalue weighted by Crippen LogP contribution is 2.05. The molecule has 6 nitrogen and oxygen atoms in total. The minimum absolute atomic E-state index is 0. The molecule has 0 spiro atoms. The molecule has 0 aliphatic carbocycles. The van der Waals surface area contributed by atoms with E-state index in [2.05, 4.69) is 20.9 Å². The zero-order valence-electron chi connectivity index (χ0n) is 12.7. The van der Waals surface area contributed by atoms with Crippen LogP contribution in [0.3, 0.4) is 0 Å². The second-order valence-corrected chi connectivity index (χ2v) is 4.21. The lowest BCUT2D eigenvalue weighted by Crippen LogP contribution is -2.43. The van der Waals surface area contributed by atoms with E-state index in [0.717, 1.165) is 0 Å². The fourth-order valence-electron chi connectivity index (χ4n) is 1.56. The van der Waals surface area contributed by atoms with Gasteiger partial charge in [0.25, 0.3) is 0 Å². The van der Waals surface area contributed by atoms with Gasteiger partial charge in [0.2, 0.25) is 5.91 Å². The number of nitrogens with zero attached hydrogens (tertiary/aromatic N) is 1. The van der Waals surface area contributed by atoms with E-state index in [9.17, 15) is 9.18 Å². The fraction of sp³-hybridized carbons (Fsp3) is 0.429. The van der Waals surface area contributed by atoms with Gasteiger partial charge in [0, 0.05) is 32.8 Å². The van der Waals surface area contributed by atoms with E-state index in [1.54, 1.807) is 32.4 Å². The minimum atomic E-state index is -0.280. The molecule has 0 aliphatic rings. The number of methoxy groups -OCH3 is 1. The van der Waals surface area contributed by atoms with Gasteiger partial charge in [-0.1, -0.05) is 18.2 Å². The van der Waals surface area contributed by atoms with Crippen molar-refractivity contribution < 1.29 is 13.9 Å². The molecule has 1 aromatic rings. The molecule has 0 fully saturated rings. The van der Waals surface area contributed by atoms with E-state index >= 15 is 0 Å². The van der Waals surface area contributed by atoms with E-state index in [1.165, 1.54) is 6.07 Å². The lowest BCUT2D eigenvalue weighted by molar-refractivity contribution is -0.120. The van der Waals surface area contributed by atoms with Crippen molar-refractivity contribution in [3.8, 4) is 0 Å². The normalized spacial score (nSPS) is 10.6. The van der Waals surface area contributed by atoms with Crippen LogP contribution >= 0.6 is 24.0 Å². The van der Waals surface area contributed by atoms with Crippen LogP contribution in [-0.2, 0) is 16.1 Å². The Kier molecular flexibility index (Phi) is 11.4. The molecule has 1 rings (SSSR count). The number of rotatable bonds is 7. The molecule has 0 aliphatic heterocycles. The standard InChI is InChI=1S/C14H21FN4O2.HI/c1-16-14(19-10-13(20)17-7-8-21-2)18-9-11-5-3-4-6-12(11)15;/h3-6H,7-10H2,1-2H3,(H,17,20)(H2,16,18,19);1H. The van der Waals surface area contributed by atoms with Crippen LogP contribution in [-0.4, -0.2) is 45.7 Å². The maximum absolute atomic E-state index is 13.5. The third-order valence-corrected chi connectivity index (χ3v) is 2.67. The number of nitrogens with one attached hydrogen (secondary N) is 3. The molecule has 0 saturated heterocycles. The summed E-state index contributed by atoms with van der Waals surface area (Å²) in [6, 6.07) is 6.49. The van der Waals surface area contributed by atoms with Gasteiger partial charge >= 0.3 is 0 Å². The molecule has 0 unspecified atom stereocenters. The lowest BCUT2D eigenvalue weighted by Gasteiger charge is -2.12. The zero-order valence-corrected chi connectivity index (χ0v) is 15.0. The molecule has 0 aromatic heterocycles. The van der Waals surface area contributed by atoms with E-state index in [4.69, 9.17) is 4.74 Å². The van der Waals surface area contributed by atoms with Crippen molar-refractivity contribution in [1.29, 1.82) is 0 Å². The van der Waals surface area contributed by atoms with Gasteiger partial charge in [-0.05, 0) is 6.07 Å². The molecule has 8 heteroatoms. The first kappa shape index (κ1) is 20.6. The molecular weight excluding hydrogens is 402 g/mol. The van der Waals surface area contributed by atoms with Gasteiger partial charge in [-0.15, -0.1) is 24.0 Å². The first-order valence-corrected chi connectivity index (χ1v) is 6.61.